The lowest BCUT2D eigenvalue weighted by Gasteiger charge is -2.26. The number of halogens is 5. The van der Waals surface area contributed by atoms with Gasteiger partial charge in [0.25, 0.3) is 11.5 Å². The first-order chi connectivity index (χ1) is 23.9. The molecule has 0 unspecified atom stereocenters. The molecule has 13 heteroatoms. The zero-order valence-corrected chi connectivity index (χ0v) is 27.0. The summed E-state index contributed by atoms with van der Waals surface area (Å²) >= 11 is 0. The van der Waals surface area contributed by atoms with Crippen LogP contribution in [-0.4, -0.2) is 49.4 Å². The highest BCUT2D eigenvalue weighted by atomic mass is 19.4. The number of rotatable bonds is 10. The van der Waals surface area contributed by atoms with Crippen LogP contribution in [0.4, 0.5) is 27.6 Å². The predicted octanol–water partition coefficient (Wildman–Crippen LogP) is 6.62. The Morgan fingerprint density at radius 3 is 2.28 bits per heavy atom. The second-order valence-corrected chi connectivity index (χ2v) is 12.1. The van der Waals surface area contributed by atoms with Crippen molar-refractivity contribution in [1.29, 1.82) is 0 Å². The summed E-state index contributed by atoms with van der Waals surface area (Å²) in [6.45, 7) is 1.71. The van der Waals surface area contributed by atoms with Crippen LogP contribution in [0.15, 0.2) is 77.6 Å². The van der Waals surface area contributed by atoms with E-state index in [2.05, 4.69) is 10.6 Å². The Bertz CT molecular complexity index is 2150. The molecule has 1 fully saturated rings. The third-order valence-electron chi connectivity index (χ3n) is 8.94. The van der Waals surface area contributed by atoms with Crippen LogP contribution in [0.5, 0.6) is 0 Å². The molecule has 6 rings (SSSR count). The van der Waals surface area contributed by atoms with Crippen molar-refractivity contribution in [3.63, 3.8) is 0 Å². The second kappa shape index (κ2) is 13.9. The second-order valence-electron chi connectivity index (χ2n) is 12.1. The van der Waals surface area contributed by atoms with Gasteiger partial charge < -0.3 is 24.7 Å². The molecule has 0 saturated carbocycles. The van der Waals surface area contributed by atoms with Gasteiger partial charge in [0.05, 0.1) is 37.0 Å². The molecule has 4 aromatic carbocycles. The Balaban J connectivity index is 1.34. The number of ether oxygens (including phenoxy) is 2. The molecule has 0 aliphatic carbocycles. The Labute approximate surface area is 282 Å². The molecule has 260 valence electrons. The van der Waals surface area contributed by atoms with E-state index in [0.29, 0.717) is 36.6 Å². The van der Waals surface area contributed by atoms with Crippen LogP contribution in [-0.2, 0) is 33.9 Å². The highest BCUT2D eigenvalue weighted by molar-refractivity contribution is 6.02. The Morgan fingerprint density at radius 1 is 0.960 bits per heavy atom. The zero-order valence-electron chi connectivity index (χ0n) is 27.0. The number of methoxy groups -OCH3 is 1. The lowest BCUT2D eigenvalue weighted by Crippen LogP contribution is -2.43. The lowest BCUT2D eigenvalue weighted by molar-refractivity contribution is -0.142. The highest BCUT2D eigenvalue weighted by Crippen LogP contribution is 2.42. The van der Waals surface area contributed by atoms with Gasteiger partial charge in [0.1, 0.15) is 23.2 Å². The Kier molecular flexibility index (Phi) is 9.61. The number of esters is 1. The number of hydrogen-bond acceptors (Lipinski definition) is 6. The number of fused-ring (bicyclic) bond motifs is 2. The fraction of sp³-hybridized carbons (Fsp3) is 0.270. The monoisotopic (exact) mass is 693 g/mol. The van der Waals surface area contributed by atoms with Gasteiger partial charge in [0, 0.05) is 37.0 Å². The quantitative estimate of drug-likeness (QED) is 0.126. The average molecular weight is 694 g/mol. The van der Waals surface area contributed by atoms with Gasteiger partial charge >= 0.3 is 12.1 Å². The molecule has 1 aliphatic rings. The normalized spacial score (nSPS) is 14.0. The third kappa shape index (κ3) is 6.65. The van der Waals surface area contributed by atoms with Gasteiger partial charge in [0.2, 0.25) is 0 Å². The standard InChI is InChI=1S/C37H32F5N3O5/c1-45-30-12-4-3-8-26(30)33(37(40,41)42)31(35(45)47)25-11-6-9-23-21(7-5-10-24(23)25)15-29(36(48)49-2)44-34(46)32-27(38)16-22(17-28(32)39)43-14-13-20-18-50-19-20/h3-12,16-17,20,29,43H,13-15,18-19H2,1-2H3,(H,44,46)/t29-/m0/s1. The summed E-state index contributed by atoms with van der Waals surface area (Å²) in [6.07, 6.45) is -4.40. The summed E-state index contributed by atoms with van der Waals surface area (Å²) in [5, 5.41) is 5.80. The first kappa shape index (κ1) is 34.6. The van der Waals surface area contributed by atoms with Crippen LogP contribution < -0.4 is 16.2 Å². The van der Waals surface area contributed by atoms with Crippen molar-refractivity contribution < 1.29 is 41.0 Å². The Hall–Kier alpha value is -5.30. The van der Waals surface area contributed by atoms with E-state index in [-0.39, 0.29) is 34.0 Å². The molecule has 1 saturated heterocycles. The van der Waals surface area contributed by atoms with Crippen LogP contribution >= 0.6 is 0 Å². The number of nitrogens with one attached hydrogen (secondary N) is 2. The van der Waals surface area contributed by atoms with Crippen molar-refractivity contribution in [2.24, 2.45) is 13.0 Å². The lowest BCUT2D eigenvalue weighted by atomic mass is 9.90. The van der Waals surface area contributed by atoms with Crippen LogP contribution in [0.2, 0.25) is 0 Å². The van der Waals surface area contributed by atoms with Crippen LogP contribution in [0, 0.1) is 17.6 Å². The minimum Gasteiger partial charge on any atom is -0.467 e. The molecule has 5 aromatic rings. The summed E-state index contributed by atoms with van der Waals surface area (Å²) in [4.78, 5) is 39.7. The van der Waals surface area contributed by atoms with Gasteiger partial charge in [0.15, 0.2) is 0 Å². The maximum atomic E-state index is 15.1. The van der Waals surface area contributed by atoms with E-state index < -0.39 is 58.0 Å². The van der Waals surface area contributed by atoms with Gasteiger partial charge in [-0.1, -0.05) is 54.6 Å². The molecule has 0 spiro atoms. The van der Waals surface area contributed by atoms with Gasteiger partial charge in [-0.2, -0.15) is 13.2 Å². The van der Waals surface area contributed by atoms with Gasteiger partial charge in [-0.15, -0.1) is 0 Å². The van der Waals surface area contributed by atoms with Crippen molar-refractivity contribution in [2.45, 2.75) is 25.1 Å². The maximum Gasteiger partial charge on any atom is 0.417 e. The number of hydrogen-bond donors (Lipinski definition) is 2. The minimum absolute atomic E-state index is 0.0144. The number of amides is 1. The first-order valence-corrected chi connectivity index (χ1v) is 15.8. The zero-order chi connectivity index (χ0) is 35.7. The van der Waals surface area contributed by atoms with Gasteiger partial charge in [-0.3, -0.25) is 9.59 Å². The van der Waals surface area contributed by atoms with Crippen LogP contribution in [0.25, 0.3) is 32.8 Å². The largest absolute Gasteiger partial charge is 0.467 e. The van der Waals surface area contributed by atoms with Crippen LogP contribution in [0.1, 0.15) is 27.9 Å². The fourth-order valence-corrected chi connectivity index (χ4v) is 6.36. The maximum absolute atomic E-state index is 15.1. The first-order valence-electron chi connectivity index (χ1n) is 15.8. The van der Waals surface area contributed by atoms with E-state index in [1.807, 2.05) is 0 Å². The molecular weight excluding hydrogens is 661 g/mol. The van der Waals surface area contributed by atoms with E-state index in [4.69, 9.17) is 9.47 Å². The minimum atomic E-state index is -4.88. The van der Waals surface area contributed by atoms with Crippen molar-refractivity contribution in [3.05, 3.63) is 111 Å². The summed E-state index contributed by atoms with van der Waals surface area (Å²) in [5.74, 6) is -4.05. The summed E-state index contributed by atoms with van der Waals surface area (Å²) < 4.78 is 85.4. The number of pyridine rings is 1. The smallest absolute Gasteiger partial charge is 0.417 e. The van der Waals surface area contributed by atoms with E-state index in [1.165, 1.54) is 37.4 Å². The molecule has 0 bridgehead atoms. The number of para-hydroxylation sites is 1. The number of nitrogens with zero attached hydrogens (tertiary/aromatic N) is 1. The number of carbonyl (C=O) groups excluding carboxylic acids is 2. The number of benzene rings is 4. The number of carbonyl (C=O) groups is 2. The van der Waals surface area contributed by atoms with E-state index in [9.17, 15) is 27.6 Å². The highest BCUT2D eigenvalue weighted by Gasteiger charge is 2.38. The van der Waals surface area contributed by atoms with Crippen LogP contribution in [0.3, 0.4) is 0 Å². The fourth-order valence-electron chi connectivity index (χ4n) is 6.36. The van der Waals surface area contributed by atoms with Crippen molar-refractivity contribution >= 4 is 39.2 Å². The molecule has 2 heterocycles. The number of aryl methyl sites for hydroxylation is 1. The number of anilines is 1. The van der Waals surface area contributed by atoms with E-state index >= 15 is 8.78 Å². The number of aromatic nitrogens is 1. The van der Waals surface area contributed by atoms with E-state index in [0.717, 1.165) is 30.2 Å². The average Bonchev–Trinajstić information content (AvgIpc) is 3.05. The summed E-state index contributed by atoms with van der Waals surface area (Å²) in [7, 11) is 2.48. The van der Waals surface area contributed by atoms with Crippen molar-refractivity contribution in [3.8, 4) is 11.1 Å². The molecule has 1 amide bonds. The van der Waals surface area contributed by atoms with Gasteiger partial charge in [-0.05, 0) is 46.5 Å². The van der Waals surface area contributed by atoms with Gasteiger partial charge in [-0.25, -0.2) is 13.6 Å². The van der Waals surface area contributed by atoms with Crippen molar-refractivity contribution in [1.82, 2.24) is 9.88 Å². The van der Waals surface area contributed by atoms with E-state index in [1.54, 1.807) is 30.3 Å². The summed E-state index contributed by atoms with van der Waals surface area (Å²) in [6, 6.07) is 15.5. The SMILES string of the molecule is COC(=O)[C@H](Cc1cccc2c(-c3c(C(F)(F)F)c4ccccc4n(C)c3=O)cccc12)NC(=O)c1c(F)cc(NCCC2COC2)cc1F. The molecule has 50 heavy (non-hydrogen) atoms. The summed E-state index contributed by atoms with van der Waals surface area (Å²) in [5.41, 5.74) is -2.71. The van der Waals surface area contributed by atoms with Crippen molar-refractivity contribution in [2.75, 3.05) is 32.2 Å². The molecule has 1 atom stereocenters. The third-order valence-corrected chi connectivity index (χ3v) is 8.94. The number of alkyl halides is 3. The molecule has 0 radical (unpaired) electrons. The molecule has 1 aliphatic heterocycles. The topological polar surface area (TPSA) is 98.7 Å². The molecule has 8 nitrogen and oxygen atoms in total. The Morgan fingerprint density at radius 2 is 1.62 bits per heavy atom. The molecular formula is C37H32F5N3O5. The molecule has 1 aromatic heterocycles. The predicted molar refractivity (Wildman–Crippen MR) is 178 cm³/mol. The molecule has 2 N–H and O–H groups in total.